The predicted octanol–water partition coefficient (Wildman–Crippen LogP) is 1.90. The molecule has 7 nitrogen and oxygen atoms in total. The molecule has 1 heterocycles. The Balaban J connectivity index is 2.35. The maximum Gasteiger partial charge on any atom is 0.405 e. The van der Waals surface area contributed by atoms with Gasteiger partial charge >= 0.3 is 6.18 Å². The minimum absolute atomic E-state index is 0.0797. The number of halogens is 3. The monoisotopic (exact) mass is 368 g/mol. The number of aromatic nitrogens is 2. The second-order valence-electron chi connectivity index (χ2n) is 5.01. The number of anilines is 1. The average Bonchev–Trinajstić information content (AvgIpc) is 3.00. The van der Waals surface area contributed by atoms with E-state index < -0.39 is 18.6 Å². The molecule has 0 radical (unpaired) electrons. The largest absolute Gasteiger partial charge is 0.497 e. The fourth-order valence-electron chi connectivity index (χ4n) is 2.00. The summed E-state index contributed by atoms with van der Waals surface area (Å²) in [5.41, 5.74) is 5.39. The van der Waals surface area contributed by atoms with E-state index in [-0.39, 0.29) is 17.1 Å². The zero-order valence-electron chi connectivity index (χ0n) is 13.8. The first-order valence-electron chi connectivity index (χ1n) is 7.17. The Morgan fingerprint density at radius 2 is 1.85 bits per heavy atom. The van der Waals surface area contributed by atoms with Gasteiger partial charge in [0.15, 0.2) is 0 Å². The number of hydrogen-bond acceptors (Lipinski definition) is 5. The Bertz CT molecular complexity index is 844. The van der Waals surface area contributed by atoms with Gasteiger partial charge < -0.3 is 20.5 Å². The van der Waals surface area contributed by atoms with Gasteiger partial charge in [-0.15, -0.1) is 0 Å². The van der Waals surface area contributed by atoms with Gasteiger partial charge in [-0.1, -0.05) is 5.92 Å². The lowest BCUT2D eigenvalue weighted by atomic mass is 10.1. The smallest absolute Gasteiger partial charge is 0.405 e. The summed E-state index contributed by atoms with van der Waals surface area (Å²) >= 11 is 0. The summed E-state index contributed by atoms with van der Waals surface area (Å²) < 4.78 is 47.2. The van der Waals surface area contributed by atoms with Crippen molar-refractivity contribution in [2.45, 2.75) is 6.18 Å². The van der Waals surface area contributed by atoms with Crippen molar-refractivity contribution < 1.29 is 27.4 Å². The van der Waals surface area contributed by atoms with Crippen molar-refractivity contribution in [3.8, 4) is 23.3 Å². The van der Waals surface area contributed by atoms with Gasteiger partial charge in [0.25, 0.3) is 5.91 Å². The SMILES string of the molecule is COc1cc(C#Cc2n[nH]c(NCC(F)(F)F)c2C(N)=O)cc(OC)c1. The highest BCUT2D eigenvalue weighted by molar-refractivity contribution is 5.99. The number of nitrogens with zero attached hydrogens (tertiary/aromatic N) is 1. The van der Waals surface area contributed by atoms with E-state index in [4.69, 9.17) is 15.2 Å². The Hall–Kier alpha value is -3.35. The van der Waals surface area contributed by atoms with Crippen LogP contribution in [0.1, 0.15) is 21.6 Å². The maximum absolute atomic E-state index is 12.3. The zero-order valence-corrected chi connectivity index (χ0v) is 13.8. The molecule has 1 aromatic carbocycles. The van der Waals surface area contributed by atoms with Crippen molar-refractivity contribution in [2.75, 3.05) is 26.1 Å². The van der Waals surface area contributed by atoms with E-state index in [1.54, 1.807) is 18.2 Å². The van der Waals surface area contributed by atoms with Gasteiger partial charge in [0, 0.05) is 11.6 Å². The Kier molecular flexibility index (Phi) is 5.61. The summed E-state index contributed by atoms with van der Waals surface area (Å²) in [6, 6.07) is 4.89. The van der Waals surface area contributed by atoms with Crippen LogP contribution in [-0.2, 0) is 0 Å². The number of alkyl halides is 3. The Morgan fingerprint density at radius 1 is 1.23 bits per heavy atom. The number of primary amides is 1. The number of methoxy groups -OCH3 is 2. The molecule has 0 spiro atoms. The van der Waals surface area contributed by atoms with Gasteiger partial charge in [-0.25, -0.2) is 0 Å². The van der Waals surface area contributed by atoms with Crippen molar-refractivity contribution in [3.63, 3.8) is 0 Å². The van der Waals surface area contributed by atoms with Gasteiger partial charge in [-0.05, 0) is 18.1 Å². The van der Waals surface area contributed by atoms with Gasteiger partial charge in [0.2, 0.25) is 0 Å². The zero-order chi connectivity index (χ0) is 19.3. The van der Waals surface area contributed by atoms with Crippen LogP contribution in [0.5, 0.6) is 11.5 Å². The van der Waals surface area contributed by atoms with Gasteiger partial charge in [-0.2, -0.15) is 18.3 Å². The quantitative estimate of drug-likeness (QED) is 0.700. The molecule has 0 saturated carbocycles. The molecule has 0 atom stereocenters. The predicted molar refractivity (Wildman–Crippen MR) is 87.2 cm³/mol. The molecule has 138 valence electrons. The molecule has 1 aromatic heterocycles. The summed E-state index contributed by atoms with van der Waals surface area (Å²) in [4.78, 5) is 11.6. The number of H-pyrrole nitrogens is 1. The van der Waals surface area contributed by atoms with Crippen molar-refractivity contribution in [3.05, 3.63) is 35.0 Å². The van der Waals surface area contributed by atoms with E-state index in [1.165, 1.54) is 14.2 Å². The van der Waals surface area contributed by atoms with Crippen LogP contribution in [-0.4, -0.2) is 43.0 Å². The third-order valence-corrected chi connectivity index (χ3v) is 3.16. The van der Waals surface area contributed by atoms with Crippen LogP contribution >= 0.6 is 0 Å². The fourth-order valence-corrected chi connectivity index (χ4v) is 2.00. The molecule has 0 saturated heterocycles. The van der Waals surface area contributed by atoms with Crippen molar-refractivity contribution >= 4 is 11.7 Å². The number of benzene rings is 1. The lowest BCUT2D eigenvalue weighted by Crippen LogP contribution is -2.23. The highest BCUT2D eigenvalue weighted by Crippen LogP contribution is 2.23. The molecule has 1 amide bonds. The summed E-state index contributed by atoms with van der Waals surface area (Å²) in [6.07, 6.45) is -4.47. The molecule has 0 aliphatic carbocycles. The third-order valence-electron chi connectivity index (χ3n) is 3.16. The standard InChI is InChI=1S/C16H15F3N4O3/c1-25-10-5-9(6-11(7-10)26-2)3-4-12-13(14(20)24)15(23-22-12)21-8-16(17,18)19/h5-7H,8H2,1-2H3,(H2,20,24)(H2,21,22,23). The van der Waals surface area contributed by atoms with E-state index in [0.29, 0.717) is 17.1 Å². The molecule has 0 unspecified atom stereocenters. The van der Waals surface area contributed by atoms with E-state index in [0.717, 1.165) is 0 Å². The van der Waals surface area contributed by atoms with E-state index in [1.807, 2.05) is 5.32 Å². The summed E-state index contributed by atoms with van der Waals surface area (Å²) in [5, 5.41) is 8.08. The first-order valence-corrected chi connectivity index (χ1v) is 7.17. The average molecular weight is 368 g/mol. The molecular formula is C16H15F3N4O3. The molecule has 26 heavy (non-hydrogen) atoms. The third kappa shape index (κ3) is 4.83. The Morgan fingerprint density at radius 3 is 2.35 bits per heavy atom. The van der Waals surface area contributed by atoms with Crippen LogP contribution in [0.3, 0.4) is 0 Å². The number of aromatic amines is 1. The molecule has 4 N–H and O–H groups in total. The normalized spacial score (nSPS) is 10.7. The summed E-state index contributed by atoms with van der Waals surface area (Å²) in [5.74, 6) is 5.13. The van der Waals surface area contributed by atoms with Crippen LogP contribution in [0.15, 0.2) is 18.2 Å². The lowest BCUT2D eigenvalue weighted by molar-refractivity contribution is -0.115. The molecule has 0 aliphatic rings. The highest BCUT2D eigenvalue weighted by atomic mass is 19.4. The second-order valence-corrected chi connectivity index (χ2v) is 5.01. The van der Waals surface area contributed by atoms with Crippen LogP contribution in [0, 0.1) is 11.8 Å². The number of rotatable bonds is 5. The number of nitrogens with two attached hydrogens (primary N) is 1. The lowest BCUT2D eigenvalue weighted by Gasteiger charge is -2.08. The minimum Gasteiger partial charge on any atom is -0.497 e. The van der Waals surface area contributed by atoms with Crippen LogP contribution in [0.4, 0.5) is 19.0 Å². The molecule has 2 aromatic rings. The van der Waals surface area contributed by atoms with Crippen molar-refractivity contribution in [1.29, 1.82) is 0 Å². The van der Waals surface area contributed by atoms with Gasteiger partial charge in [0.05, 0.1) is 14.2 Å². The van der Waals surface area contributed by atoms with Gasteiger partial charge in [0.1, 0.15) is 35.1 Å². The number of nitrogens with one attached hydrogen (secondary N) is 2. The highest BCUT2D eigenvalue weighted by Gasteiger charge is 2.28. The van der Waals surface area contributed by atoms with E-state index in [2.05, 4.69) is 22.0 Å². The van der Waals surface area contributed by atoms with Crippen molar-refractivity contribution in [1.82, 2.24) is 10.2 Å². The van der Waals surface area contributed by atoms with Crippen LogP contribution in [0.2, 0.25) is 0 Å². The molecule has 0 aliphatic heterocycles. The fraction of sp³-hybridized carbons (Fsp3) is 0.250. The molecule has 2 rings (SSSR count). The number of amides is 1. The summed E-state index contributed by atoms with van der Waals surface area (Å²) in [7, 11) is 2.95. The van der Waals surface area contributed by atoms with E-state index in [9.17, 15) is 18.0 Å². The number of ether oxygens (including phenoxy) is 2. The number of carbonyl (C=O) groups excluding carboxylic acids is 1. The van der Waals surface area contributed by atoms with Gasteiger partial charge in [-0.3, -0.25) is 9.89 Å². The first kappa shape index (κ1) is 19.0. The number of hydrogen-bond donors (Lipinski definition) is 3. The second kappa shape index (κ2) is 7.69. The van der Waals surface area contributed by atoms with Crippen LogP contribution < -0.4 is 20.5 Å². The summed E-state index contributed by atoms with van der Waals surface area (Å²) in [6.45, 7) is -1.35. The van der Waals surface area contributed by atoms with Crippen molar-refractivity contribution in [2.24, 2.45) is 5.73 Å². The van der Waals surface area contributed by atoms with E-state index >= 15 is 0 Å². The molecule has 0 bridgehead atoms. The molecule has 0 fully saturated rings. The Labute approximate surface area is 146 Å². The van der Waals surface area contributed by atoms with Crippen LogP contribution in [0.25, 0.3) is 0 Å². The number of carbonyl (C=O) groups is 1. The first-order chi connectivity index (χ1) is 12.2. The molecule has 10 heteroatoms. The topological polar surface area (TPSA) is 102 Å². The molecular weight excluding hydrogens is 353 g/mol. The maximum atomic E-state index is 12.3. The minimum atomic E-state index is -4.47.